The first kappa shape index (κ1) is 7.17. The van der Waals surface area contributed by atoms with Gasteiger partial charge in [-0.15, -0.1) is 6.58 Å². The van der Waals surface area contributed by atoms with Crippen LogP contribution in [0.5, 0.6) is 0 Å². The van der Waals surface area contributed by atoms with Gasteiger partial charge in [0.1, 0.15) is 0 Å². The van der Waals surface area contributed by atoms with Crippen molar-refractivity contribution in [2.75, 3.05) is 13.7 Å². The number of carbonyl (C=O) groups excluding carboxylic acids is 1. The van der Waals surface area contributed by atoms with E-state index in [9.17, 15) is 4.79 Å². The van der Waals surface area contributed by atoms with Crippen molar-refractivity contribution in [1.82, 2.24) is 5.06 Å². The maximum Gasteiger partial charge on any atom is 0.233 e. The molecular weight excluding hydrogens is 106 g/mol. The van der Waals surface area contributed by atoms with Gasteiger partial charge in [0.2, 0.25) is 6.41 Å². The summed E-state index contributed by atoms with van der Waals surface area (Å²) >= 11 is 0. The third-order valence-electron chi connectivity index (χ3n) is 0.544. The predicted molar refractivity (Wildman–Crippen MR) is 30.0 cm³/mol. The Kier molecular flexibility index (Phi) is 3.88. The predicted octanol–water partition coefficient (Wildman–Crippen LogP) is 0.192. The van der Waals surface area contributed by atoms with E-state index in [1.54, 1.807) is 6.08 Å². The molecule has 0 aromatic rings. The van der Waals surface area contributed by atoms with Crippen molar-refractivity contribution in [3.8, 4) is 0 Å². The monoisotopic (exact) mass is 115 g/mol. The highest BCUT2D eigenvalue weighted by Crippen LogP contribution is 1.77. The van der Waals surface area contributed by atoms with Crippen LogP contribution in [0.15, 0.2) is 12.7 Å². The number of hydrogen-bond acceptors (Lipinski definition) is 2. The van der Waals surface area contributed by atoms with Gasteiger partial charge >= 0.3 is 0 Å². The van der Waals surface area contributed by atoms with Gasteiger partial charge in [-0.2, -0.15) is 0 Å². The average molecular weight is 115 g/mol. The molecule has 0 rings (SSSR count). The molecule has 0 aromatic heterocycles. The van der Waals surface area contributed by atoms with Crippen molar-refractivity contribution < 1.29 is 9.63 Å². The maximum absolute atomic E-state index is 9.78. The van der Waals surface area contributed by atoms with Crippen LogP contribution in [0.2, 0.25) is 0 Å². The van der Waals surface area contributed by atoms with E-state index in [1.165, 1.54) is 7.05 Å². The third-order valence-corrected chi connectivity index (χ3v) is 0.544. The van der Waals surface area contributed by atoms with Crippen LogP contribution >= 0.6 is 0 Å². The van der Waals surface area contributed by atoms with E-state index in [0.717, 1.165) is 5.06 Å². The summed E-state index contributed by atoms with van der Waals surface area (Å²) in [5.41, 5.74) is 0. The van der Waals surface area contributed by atoms with Crippen molar-refractivity contribution >= 4 is 6.41 Å². The van der Waals surface area contributed by atoms with E-state index in [4.69, 9.17) is 0 Å². The van der Waals surface area contributed by atoms with Gasteiger partial charge in [0, 0.05) is 7.05 Å². The van der Waals surface area contributed by atoms with Crippen molar-refractivity contribution in [3.05, 3.63) is 12.7 Å². The second-order valence-electron chi connectivity index (χ2n) is 1.24. The summed E-state index contributed by atoms with van der Waals surface area (Å²) in [4.78, 5) is 14.5. The van der Waals surface area contributed by atoms with E-state index in [-0.39, 0.29) is 0 Å². The summed E-state index contributed by atoms with van der Waals surface area (Å²) in [5.74, 6) is 0. The highest BCUT2D eigenvalue weighted by atomic mass is 16.7. The number of hydroxylamine groups is 2. The number of hydrogen-bond donors (Lipinski definition) is 0. The fourth-order valence-electron chi connectivity index (χ4n) is 0.201. The van der Waals surface area contributed by atoms with Gasteiger partial charge in [0.15, 0.2) is 0 Å². The SMILES string of the molecule is C=CCON(C)C=O. The number of rotatable bonds is 4. The zero-order chi connectivity index (χ0) is 6.41. The number of amides is 1. The van der Waals surface area contributed by atoms with E-state index < -0.39 is 0 Å². The molecule has 0 fully saturated rings. The molecule has 0 N–H and O–H groups in total. The first-order valence-electron chi connectivity index (χ1n) is 2.23. The molecule has 0 radical (unpaired) electrons. The Balaban J connectivity index is 3.09. The lowest BCUT2D eigenvalue weighted by Crippen LogP contribution is -2.15. The van der Waals surface area contributed by atoms with Crippen molar-refractivity contribution in [3.63, 3.8) is 0 Å². The van der Waals surface area contributed by atoms with Crippen LogP contribution in [-0.4, -0.2) is 25.1 Å². The van der Waals surface area contributed by atoms with Crippen LogP contribution in [0, 0.1) is 0 Å². The van der Waals surface area contributed by atoms with Gasteiger partial charge in [0.05, 0.1) is 6.61 Å². The fraction of sp³-hybridized carbons (Fsp3) is 0.400. The minimum atomic E-state index is 0.370. The smallest absolute Gasteiger partial charge is 0.233 e. The minimum Gasteiger partial charge on any atom is -0.276 e. The molecule has 0 heterocycles. The Labute approximate surface area is 48.5 Å². The summed E-state index contributed by atoms with van der Waals surface area (Å²) in [6.45, 7) is 3.77. The zero-order valence-electron chi connectivity index (χ0n) is 4.83. The van der Waals surface area contributed by atoms with Crippen LogP contribution in [0.1, 0.15) is 0 Å². The van der Waals surface area contributed by atoms with Gasteiger partial charge < -0.3 is 0 Å². The molecule has 0 aliphatic rings. The van der Waals surface area contributed by atoms with Crippen LogP contribution in [0.3, 0.4) is 0 Å². The first-order valence-corrected chi connectivity index (χ1v) is 2.23. The Morgan fingerprint density at radius 1 is 1.88 bits per heavy atom. The molecular formula is C5H9NO2. The number of nitrogens with zero attached hydrogens (tertiary/aromatic N) is 1. The first-order chi connectivity index (χ1) is 3.81. The van der Waals surface area contributed by atoms with Crippen molar-refractivity contribution in [2.45, 2.75) is 0 Å². The summed E-state index contributed by atoms with van der Waals surface area (Å²) in [6, 6.07) is 0. The summed E-state index contributed by atoms with van der Waals surface area (Å²) in [7, 11) is 1.52. The van der Waals surface area contributed by atoms with Crippen molar-refractivity contribution in [1.29, 1.82) is 0 Å². The molecule has 0 bridgehead atoms. The minimum absolute atomic E-state index is 0.370. The molecule has 0 aliphatic heterocycles. The molecule has 0 unspecified atom stereocenters. The summed E-state index contributed by atoms with van der Waals surface area (Å²) < 4.78 is 0. The maximum atomic E-state index is 9.78. The van der Waals surface area contributed by atoms with Crippen molar-refractivity contribution in [2.24, 2.45) is 0 Å². The molecule has 0 atom stereocenters. The summed E-state index contributed by atoms with van der Waals surface area (Å²) in [5, 5.41) is 1.08. The lowest BCUT2D eigenvalue weighted by molar-refractivity contribution is -0.158. The fourth-order valence-corrected chi connectivity index (χ4v) is 0.201. The van der Waals surface area contributed by atoms with E-state index in [0.29, 0.717) is 13.0 Å². The largest absolute Gasteiger partial charge is 0.276 e. The molecule has 46 valence electrons. The van der Waals surface area contributed by atoms with Crippen LogP contribution in [-0.2, 0) is 9.63 Å². The molecule has 0 saturated carbocycles. The van der Waals surface area contributed by atoms with Crippen LogP contribution < -0.4 is 0 Å². The van der Waals surface area contributed by atoms with Gasteiger partial charge in [-0.05, 0) is 0 Å². The average Bonchev–Trinajstić information content (AvgIpc) is 1.83. The molecule has 0 spiro atoms. The van der Waals surface area contributed by atoms with E-state index >= 15 is 0 Å². The second kappa shape index (κ2) is 4.33. The zero-order valence-corrected chi connectivity index (χ0v) is 4.83. The lowest BCUT2D eigenvalue weighted by Gasteiger charge is -2.06. The van der Waals surface area contributed by atoms with Gasteiger partial charge in [-0.1, -0.05) is 6.08 Å². The lowest BCUT2D eigenvalue weighted by atomic mass is 10.7. The van der Waals surface area contributed by atoms with Crippen LogP contribution in [0.25, 0.3) is 0 Å². The van der Waals surface area contributed by atoms with Crippen LogP contribution in [0.4, 0.5) is 0 Å². The molecule has 8 heavy (non-hydrogen) atoms. The molecule has 3 heteroatoms. The standard InChI is InChI=1S/C5H9NO2/c1-3-4-8-6(2)5-7/h3,5H,1,4H2,2H3. The normalized spacial score (nSPS) is 8.12. The molecule has 0 aromatic carbocycles. The van der Waals surface area contributed by atoms with E-state index in [2.05, 4.69) is 11.4 Å². The molecule has 0 aliphatic carbocycles. The highest BCUT2D eigenvalue weighted by Gasteiger charge is 1.85. The van der Waals surface area contributed by atoms with E-state index in [1.807, 2.05) is 0 Å². The molecule has 0 saturated heterocycles. The van der Waals surface area contributed by atoms with Gasteiger partial charge in [0.25, 0.3) is 0 Å². The second-order valence-corrected chi connectivity index (χ2v) is 1.24. The number of carbonyl (C=O) groups is 1. The molecule has 1 amide bonds. The Bertz CT molecular complexity index is 82.5. The third kappa shape index (κ3) is 3.36. The molecule has 3 nitrogen and oxygen atoms in total. The topological polar surface area (TPSA) is 29.5 Å². The Morgan fingerprint density at radius 2 is 2.50 bits per heavy atom. The summed E-state index contributed by atoms with van der Waals surface area (Å²) in [6.07, 6.45) is 2.16. The van der Waals surface area contributed by atoms with Gasteiger partial charge in [-0.25, -0.2) is 5.06 Å². The van der Waals surface area contributed by atoms with Gasteiger partial charge in [-0.3, -0.25) is 9.63 Å². The Hall–Kier alpha value is -0.830. The Morgan fingerprint density at radius 3 is 2.88 bits per heavy atom. The quantitative estimate of drug-likeness (QED) is 0.297. The highest BCUT2D eigenvalue weighted by molar-refractivity contribution is 5.44.